The molecule has 0 atom stereocenters. The molecule has 3 heteroatoms. The van der Waals surface area contributed by atoms with Gasteiger partial charge in [0.1, 0.15) is 5.75 Å². The molecule has 1 aromatic rings. The molecule has 3 nitrogen and oxygen atoms in total. The van der Waals surface area contributed by atoms with Gasteiger partial charge in [0.15, 0.2) is 5.78 Å². The third kappa shape index (κ3) is 2.05. The minimum atomic E-state index is -0.0111. The van der Waals surface area contributed by atoms with Crippen LogP contribution in [0.2, 0.25) is 0 Å². The lowest BCUT2D eigenvalue weighted by Gasteiger charge is -2.10. The van der Waals surface area contributed by atoms with Crippen molar-refractivity contribution >= 4 is 11.5 Å². The van der Waals surface area contributed by atoms with Gasteiger partial charge in [-0.3, -0.25) is 4.79 Å². The van der Waals surface area contributed by atoms with E-state index in [1.807, 2.05) is 19.9 Å². The molecule has 0 aliphatic carbocycles. The zero-order chi connectivity index (χ0) is 10.7. The highest BCUT2D eigenvalue weighted by atomic mass is 16.5. The van der Waals surface area contributed by atoms with E-state index in [0.717, 1.165) is 5.56 Å². The monoisotopic (exact) mass is 193 g/mol. The SMILES string of the molecule is CCOc1cc(C)c(C(C)=O)c(N)c1. The molecule has 76 valence electrons. The van der Waals surface area contributed by atoms with Gasteiger partial charge in [-0.2, -0.15) is 0 Å². The van der Waals surface area contributed by atoms with E-state index in [1.165, 1.54) is 6.92 Å². The summed E-state index contributed by atoms with van der Waals surface area (Å²) in [4.78, 5) is 11.2. The molecule has 0 saturated carbocycles. The van der Waals surface area contributed by atoms with Gasteiger partial charge in [-0.15, -0.1) is 0 Å². The maximum atomic E-state index is 11.2. The van der Waals surface area contributed by atoms with Crippen LogP contribution in [0.4, 0.5) is 5.69 Å². The summed E-state index contributed by atoms with van der Waals surface area (Å²) in [6.45, 7) is 5.87. The number of ether oxygens (including phenoxy) is 1. The number of benzene rings is 1. The number of carbonyl (C=O) groups is 1. The molecule has 2 N–H and O–H groups in total. The molecule has 0 saturated heterocycles. The van der Waals surface area contributed by atoms with Crippen LogP contribution in [0.5, 0.6) is 5.75 Å². The van der Waals surface area contributed by atoms with Gasteiger partial charge >= 0.3 is 0 Å². The maximum absolute atomic E-state index is 11.2. The molecule has 1 rings (SSSR count). The molecule has 0 unspecified atom stereocenters. The van der Waals surface area contributed by atoms with Gasteiger partial charge in [0, 0.05) is 17.3 Å². The number of hydrogen-bond acceptors (Lipinski definition) is 3. The predicted octanol–water partition coefficient (Wildman–Crippen LogP) is 2.18. The zero-order valence-corrected chi connectivity index (χ0v) is 8.76. The number of ketones is 1. The van der Waals surface area contributed by atoms with Gasteiger partial charge < -0.3 is 10.5 Å². The number of carbonyl (C=O) groups excluding carboxylic acids is 1. The van der Waals surface area contributed by atoms with Crippen LogP contribution >= 0.6 is 0 Å². The molecule has 0 heterocycles. The number of nitrogens with two attached hydrogens (primary N) is 1. The molecule has 0 radical (unpaired) electrons. The van der Waals surface area contributed by atoms with Crippen molar-refractivity contribution < 1.29 is 9.53 Å². The van der Waals surface area contributed by atoms with Gasteiger partial charge in [-0.1, -0.05) is 0 Å². The summed E-state index contributed by atoms with van der Waals surface area (Å²) in [5, 5.41) is 0. The minimum absolute atomic E-state index is 0.0111. The minimum Gasteiger partial charge on any atom is -0.494 e. The molecule has 1 aromatic carbocycles. The van der Waals surface area contributed by atoms with Crippen molar-refractivity contribution in [2.24, 2.45) is 0 Å². The van der Waals surface area contributed by atoms with Gasteiger partial charge in [-0.25, -0.2) is 0 Å². The molecule has 0 spiro atoms. The fourth-order valence-electron chi connectivity index (χ4n) is 1.51. The first-order chi connectivity index (χ1) is 6.56. The van der Waals surface area contributed by atoms with Gasteiger partial charge in [-0.05, 0) is 32.4 Å². The Bertz CT molecular complexity index is 335. The Hall–Kier alpha value is -1.51. The molecular weight excluding hydrogens is 178 g/mol. The average molecular weight is 193 g/mol. The third-order valence-electron chi connectivity index (χ3n) is 2.00. The number of hydrogen-bond donors (Lipinski definition) is 1. The van der Waals surface area contributed by atoms with E-state index in [1.54, 1.807) is 6.07 Å². The fraction of sp³-hybridized carbons (Fsp3) is 0.364. The van der Waals surface area contributed by atoms with Crippen LogP contribution in [0.1, 0.15) is 29.8 Å². The van der Waals surface area contributed by atoms with Crippen LogP contribution in [-0.2, 0) is 0 Å². The van der Waals surface area contributed by atoms with Crippen molar-refractivity contribution in [3.8, 4) is 5.75 Å². The first-order valence-corrected chi connectivity index (χ1v) is 4.60. The summed E-state index contributed by atoms with van der Waals surface area (Å²) in [5.41, 5.74) is 7.69. The lowest BCUT2D eigenvalue weighted by Crippen LogP contribution is -2.04. The second-order valence-electron chi connectivity index (χ2n) is 3.19. The Morgan fingerprint density at radius 3 is 2.57 bits per heavy atom. The van der Waals surface area contributed by atoms with Crippen molar-refractivity contribution in [3.05, 3.63) is 23.3 Å². The smallest absolute Gasteiger partial charge is 0.162 e. The van der Waals surface area contributed by atoms with E-state index in [-0.39, 0.29) is 5.78 Å². The lowest BCUT2D eigenvalue weighted by atomic mass is 10.0. The Morgan fingerprint density at radius 1 is 1.50 bits per heavy atom. The van der Waals surface area contributed by atoms with E-state index in [0.29, 0.717) is 23.6 Å². The van der Waals surface area contributed by atoms with Crippen LogP contribution < -0.4 is 10.5 Å². The number of Topliss-reactive ketones (excluding diaryl/α,β-unsaturated/α-hetero) is 1. The van der Waals surface area contributed by atoms with Gasteiger partial charge in [0.05, 0.1) is 6.61 Å². The predicted molar refractivity (Wildman–Crippen MR) is 56.8 cm³/mol. The van der Waals surface area contributed by atoms with Crippen LogP contribution in [0.15, 0.2) is 12.1 Å². The van der Waals surface area contributed by atoms with E-state index < -0.39 is 0 Å². The van der Waals surface area contributed by atoms with Gasteiger partial charge in [0.25, 0.3) is 0 Å². The second-order valence-corrected chi connectivity index (χ2v) is 3.19. The molecular formula is C11H15NO2. The average Bonchev–Trinajstić information content (AvgIpc) is 2.01. The van der Waals surface area contributed by atoms with E-state index >= 15 is 0 Å². The first-order valence-electron chi connectivity index (χ1n) is 4.60. The normalized spacial score (nSPS) is 9.93. The Labute approximate surface area is 83.9 Å². The van der Waals surface area contributed by atoms with Crippen molar-refractivity contribution in [2.45, 2.75) is 20.8 Å². The Balaban J connectivity index is 3.18. The number of rotatable bonds is 3. The largest absolute Gasteiger partial charge is 0.494 e. The molecule has 0 bridgehead atoms. The summed E-state index contributed by atoms with van der Waals surface area (Å²) >= 11 is 0. The summed E-state index contributed by atoms with van der Waals surface area (Å²) in [7, 11) is 0. The highest BCUT2D eigenvalue weighted by molar-refractivity contribution is 6.00. The Kier molecular flexibility index (Phi) is 3.12. The highest BCUT2D eigenvalue weighted by Crippen LogP contribution is 2.24. The van der Waals surface area contributed by atoms with Crippen LogP contribution in [0.3, 0.4) is 0 Å². The quantitative estimate of drug-likeness (QED) is 0.591. The fourth-order valence-corrected chi connectivity index (χ4v) is 1.51. The first kappa shape index (κ1) is 10.6. The lowest BCUT2D eigenvalue weighted by molar-refractivity contribution is 0.101. The summed E-state index contributed by atoms with van der Waals surface area (Å²) in [5.74, 6) is 0.704. The zero-order valence-electron chi connectivity index (χ0n) is 8.76. The van der Waals surface area contributed by atoms with Crippen molar-refractivity contribution in [3.63, 3.8) is 0 Å². The number of aryl methyl sites for hydroxylation is 1. The van der Waals surface area contributed by atoms with E-state index in [9.17, 15) is 4.79 Å². The molecule has 14 heavy (non-hydrogen) atoms. The topological polar surface area (TPSA) is 52.3 Å². The van der Waals surface area contributed by atoms with Crippen LogP contribution in [0.25, 0.3) is 0 Å². The van der Waals surface area contributed by atoms with E-state index in [4.69, 9.17) is 10.5 Å². The number of nitrogen functional groups attached to an aromatic ring is 1. The van der Waals surface area contributed by atoms with Crippen molar-refractivity contribution in [2.75, 3.05) is 12.3 Å². The number of anilines is 1. The van der Waals surface area contributed by atoms with Crippen LogP contribution in [0, 0.1) is 6.92 Å². The second kappa shape index (κ2) is 4.13. The van der Waals surface area contributed by atoms with Gasteiger partial charge in [0.2, 0.25) is 0 Å². The standard InChI is InChI=1S/C11H15NO2/c1-4-14-9-5-7(2)11(8(3)13)10(12)6-9/h5-6H,4,12H2,1-3H3. The summed E-state index contributed by atoms with van der Waals surface area (Å²) < 4.78 is 5.31. The summed E-state index contributed by atoms with van der Waals surface area (Å²) in [6.07, 6.45) is 0. The molecule has 0 fully saturated rings. The molecule has 0 aliphatic rings. The maximum Gasteiger partial charge on any atom is 0.162 e. The molecule has 0 amide bonds. The Morgan fingerprint density at radius 2 is 2.14 bits per heavy atom. The molecule has 0 aliphatic heterocycles. The summed E-state index contributed by atoms with van der Waals surface area (Å²) in [6, 6.07) is 3.52. The van der Waals surface area contributed by atoms with Crippen molar-refractivity contribution in [1.29, 1.82) is 0 Å². The van der Waals surface area contributed by atoms with Crippen molar-refractivity contribution in [1.82, 2.24) is 0 Å². The van der Waals surface area contributed by atoms with E-state index in [2.05, 4.69) is 0 Å². The highest BCUT2D eigenvalue weighted by Gasteiger charge is 2.10. The third-order valence-corrected chi connectivity index (χ3v) is 2.00. The molecule has 0 aromatic heterocycles. The van der Waals surface area contributed by atoms with Crippen LogP contribution in [-0.4, -0.2) is 12.4 Å².